The van der Waals surface area contributed by atoms with Crippen molar-refractivity contribution in [3.05, 3.63) is 54.0 Å². The maximum atomic E-state index is 14.0. The zero-order chi connectivity index (χ0) is 27.7. The van der Waals surface area contributed by atoms with Crippen molar-refractivity contribution < 1.29 is 18.0 Å². The van der Waals surface area contributed by atoms with Crippen molar-refractivity contribution in [1.82, 2.24) is 30.0 Å². The number of benzene rings is 1. The third-order valence-corrected chi connectivity index (χ3v) is 6.88. The fourth-order valence-electron chi connectivity index (χ4n) is 4.48. The van der Waals surface area contributed by atoms with Crippen molar-refractivity contribution in [2.24, 2.45) is 11.3 Å². The van der Waals surface area contributed by atoms with Gasteiger partial charge in [-0.15, -0.1) is 0 Å². The van der Waals surface area contributed by atoms with Gasteiger partial charge in [-0.05, 0) is 49.3 Å². The molecule has 1 aromatic carbocycles. The molecule has 0 saturated carbocycles. The van der Waals surface area contributed by atoms with Crippen LogP contribution in [0.25, 0.3) is 11.3 Å². The van der Waals surface area contributed by atoms with Crippen molar-refractivity contribution >= 4 is 17.7 Å². The summed E-state index contributed by atoms with van der Waals surface area (Å²) < 4.78 is 43.8. The van der Waals surface area contributed by atoms with E-state index in [0.717, 1.165) is 12.5 Å². The Morgan fingerprint density at radius 1 is 1.18 bits per heavy atom. The van der Waals surface area contributed by atoms with Gasteiger partial charge in [0.1, 0.15) is 0 Å². The van der Waals surface area contributed by atoms with Gasteiger partial charge in [-0.25, -0.2) is 14.8 Å². The zero-order valence-corrected chi connectivity index (χ0v) is 22.3. The summed E-state index contributed by atoms with van der Waals surface area (Å²) in [6.07, 6.45) is 1.21. The van der Waals surface area contributed by atoms with E-state index in [4.69, 9.17) is 0 Å². The highest BCUT2D eigenvalue weighted by Crippen LogP contribution is 2.36. The van der Waals surface area contributed by atoms with E-state index in [0.29, 0.717) is 36.0 Å². The molecule has 1 aliphatic heterocycles. The maximum absolute atomic E-state index is 14.0. The normalized spacial score (nSPS) is 16.2. The highest BCUT2D eigenvalue weighted by molar-refractivity contribution is 5.74. The number of halogens is 3. The number of hydrogen-bond donors (Lipinski definition) is 2. The molecule has 11 heteroatoms. The minimum absolute atomic E-state index is 0.00493. The van der Waals surface area contributed by atoms with Gasteiger partial charge in [0.25, 0.3) is 0 Å². The first-order valence-corrected chi connectivity index (χ1v) is 12.7. The number of hydrogen-bond acceptors (Lipinski definition) is 5. The van der Waals surface area contributed by atoms with Crippen molar-refractivity contribution in [3.8, 4) is 11.3 Å². The van der Waals surface area contributed by atoms with Crippen LogP contribution in [-0.2, 0) is 12.7 Å². The number of nitrogens with one attached hydrogen (secondary N) is 2. The Morgan fingerprint density at radius 2 is 1.95 bits per heavy atom. The van der Waals surface area contributed by atoms with Gasteiger partial charge in [-0.3, -0.25) is 4.68 Å². The topological polar surface area (TPSA) is 88.0 Å². The van der Waals surface area contributed by atoms with Crippen LogP contribution in [0.15, 0.2) is 42.9 Å². The van der Waals surface area contributed by atoms with E-state index in [-0.39, 0.29) is 35.5 Å². The van der Waals surface area contributed by atoms with E-state index < -0.39 is 11.7 Å². The van der Waals surface area contributed by atoms with Gasteiger partial charge in [-0.2, -0.15) is 18.3 Å². The summed E-state index contributed by atoms with van der Waals surface area (Å²) in [6.45, 7) is 11.4. The standard InChI is InChI=1S/C27H34F3N7O/c1-17(2)37-16-21(14-33-37)34-24-31-10-8-23(35-24)18-6-7-19(22(12-18)27(28,29)30)13-32-25(38)36-11-9-20(15-36)26(3,4)5/h6-8,10,12,14,16-17,20H,9,11,13,15H2,1-5H3,(H,32,38)(H,31,34,35). The van der Waals surface area contributed by atoms with E-state index in [1.165, 1.54) is 12.3 Å². The molecule has 1 saturated heterocycles. The lowest BCUT2D eigenvalue weighted by molar-refractivity contribution is -0.138. The predicted octanol–water partition coefficient (Wildman–Crippen LogP) is 6.26. The molecule has 2 N–H and O–H groups in total. The summed E-state index contributed by atoms with van der Waals surface area (Å²) in [5.41, 5.74) is 0.560. The molecule has 2 aromatic heterocycles. The molecule has 204 valence electrons. The summed E-state index contributed by atoms with van der Waals surface area (Å²) in [5, 5.41) is 9.96. The van der Waals surface area contributed by atoms with Gasteiger partial charge in [0.05, 0.1) is 23.1 Å². The molecular weight excluding hydrogens is 495 g/mol. The Bertz CT molecular complexity index is 1280. The third-order valence-electron chi connectivity index (χ3n) is 6.88. The quantitative estimate of drug-likeness (QED) is 0.394. The van der Waals surface area contributed by atoms with Gasteiger partial charge in [-0.1, -0.05) is 32.9 Å². The number of urea groups is 1. The summed E-state index contributed by atoms with van der Waals surface area (Å²) in [7, 11) is 0. The molecule has 2 amide bonds. The monoisotopic (exact) mass is 529 g/mol. The molecule has 38 heavy (non-hydrogen) atoms. The van der Waals surface area contributed by atoms with Crippen LogP contribution < -0.4 is 10.6 Å². The van der Waals surface area contributed by atoms with Gasteiger partial charge in [0.2, 0.25) is 5.95 Å². The molecule has 8 nitrogen and oxygen atoms in total. The molecule has 4 rings (SSSR count). The fraction of sp³-hybridized carbons (Fsp3) is 0.481. The van der Waals surface area contributed by atoms with Crippen molar-refractivity contribution in [1.29, 1.82) is 0 Å². The highest BCUT2D eigenvalue weighted by Gasteiger charge is 2.35. The van der Waals surface area contributed by atoms with Crippen LogP contribution in [-0.4, -0.2) is 43.8 Å². The van der Waals surface area contributed by atoms with Crippen molar-refractivity contribution in [2.45, 2.75) is 59.8 Å². The zero-order valence-electron chi connectivity index (χ0n) is 22.3. The number of carbonyl (C=O) groups excluding carboxylic acids is 1. The molecule has 0 aliphatic carbocycles. The van der Waals surface area contributed by atoms with Gasteiger partial charge in [0.15, 0.2) is 0 Å². The smallest absolute Gasteiger partial charge is 0.334 e. The molecule has 1 unspecified atom stereocenters. The first-order chi connectivity index (χ1) is 17.8. The molecule has 0 radical (unpaired) electrons. The number of likely N-dealkylation sites (tertiary alicyclic amines) is 1. The number of carbonyl (C=O) groups is 1. The summed E-state index contributed by atoms with van der Waals surface area (Å²) >= 11 is 0. The predicted molar refractivity (Wildman–Crippen MR) is 140 cm³/mol. The number of rotatable bonds is 6. The maximum Gasteiger partial charge on any atom is 0.416 e. The molecule has 3 aromatic rings. The van der Waals surface area contributed by atoms with Crippen LogP contribution in [0.1, 0.15) is 58.2 Å². The van der Waals surface area contributed by atoms with E-state index >= 15 is 0 Å². The average Bonchev–Trinajstić information content (AvgIpc) is 3.52. The summed E-state index contributed by atoms with van der Waals surface area (Å²) in [5.74, 6) is 0.603. The Hall–Kier alpha value is -3.63. The van der Waals surface area contributed by atoms with Crippen LogP contribution >= 0.6 is 0 Å². The summed E-state index contributed by atoms with van der Waals surface area (Å²) in [4.78, 5) is 22.9. The van der Waals surface area contributed by atoms with Crippen LogP contribution in [0.2, 0.25) is 0 Å². The minimum atomic E-state index is -4.60. The Morgan fingerprint density at radius 3 is 2.58 bits per heavy atom. The minimum Gasteiger partial charge on any atom is -0.334 e. The number of anilines is 2. The molecule has 1 aliphatic rings. The fourth-order valence-corrected chi connectivity index (χ4v) is 4.48. The van der Waals surface area contributed by atoms with Gasteiger partial charge in [0, 0.05) is 43.6 Å². The van der Waals surface area contributed by atoms with E-state index in [1.54, 1.807) is 34.1 Å². The lowest BCUT2D eigenvalue weighted by atomic mass is 9.80. The molecule has 0 bridgehead atoms. The SMILES string of the molecule is CC(C)n1cc(Nc2nccc(-c3ccc(CNC(=O)N4CCC(C(C)(C)C)C4)c(C(F)(F)F)c3)n2)cn1. The lowest BCUT2D eigenvalue weighted by Gasteiger charge is -2.27. The van der Waals surface area contributed by atoms with Crippen molar-refractivity contribution in [3.63, 3.8) is 0 Å². The van der Waals surface area contributed by atoms with Gasteiger partial charge < -0.3 is 15.5 Å². The Kier molecular flexibility index (Phi) is 7.66. The molecule has 0 spiro atoms. The second-order valence-electron chi connectivity index (χ2n) is 11.0. The molecular formula is C27H34F3N7O. The molecule has 3 heterocycles. The first kappa shape index (κ1) is 27.4. The number of amides is 2. The number of aromatic nitrogens is 4. The Balaban J connectivity index is 1.49. The van der Waals surface area contributed by atoms with Crippen molar-refractivity contribution in [2.75, 3.05) is 18.4 Å². The molecule has 1 atom stereocenters. The van der Waals surface area contributed by atoms with E-state index in [9.17, 15) is 18.0 Å². The highest BCUT2D eigenvalue weighted by atomic mass is 19.4. The number of nitrogens with zero attached hydrogens (tertiary/aromatic N) is 5. The largest absolute Gasteiger partial charge is 0.416 e. The average molecular weight is 530 g/mol. The van der Waals surface area contributed by atoms with E-state index in [1.807, 2.05) is 13.8 Å². The number of alkyl halides is 3. The first-order valence-electron chi connectivity index (χ1n) is 12.7. The van der Waals surface area contributed by atoms with Crippen LogP contribution in [0.4, 0.5) is 29.6 Å². The summed E-state index contributed by atoms with van der Waals surface area (Å²) in [6, 6.07) is 5.42. The van der Waals surface area contributed by atoms with E-state index in [2.05, 4.69) is 46.5 Å². The third kappa shape index (κ3) is 6.43. The Labute approximate surface area is 220 Å². The second-order valence-corrected chi connectivity index (χ2v) is 11.0. The van der Waals surface area contributed by atoms with Crippen LogP contribution in [0, 0.1) is 11.3 Å². The van der Waals surface area contributed by atoms with Gasteiger partial charge >= 0.3 is 12.2 Å². The van der Waals surface area contributed by atoms with Crippen LogP contribution in [0.5, 0.6) is 0 Å². The van der Waals surface area contributed by atoms with Crippen LogP contribution in [0.3, 0.4) is 0 Å². The second kappa shape index (κ2) is 10.6. The molecule has 1 fully saturated rings. The lowest BCUT2D eigenvalue weighted by Crippen LogP contribution is -2.39.